The van der Waals surface area contributed by atoms with Crippen molar-refractivity contribution in [3.05, 3.63) is 35.1 Å². The lowest BCUT2D eigenvalue weighted by Crippen LogP contribution is -2.14. The third-order valence-electron chi connectivity index (χ3n) is 2.22. The number of ether oxygens (including phenoxy) is 1. The van der Waals surface area contributed by atoms with Crippen molar-refractivity contribution in [2.75, 3.05) is 6.61 Å². The Bertz CT molecular complexity index is 361. The predicted molar refractivity (Wildman–Crippen MR) is 56.2 cm³/mol. The van der Waals surface area contributed by atoms with Crippen molar-refractivity contribution < 1.29 is 13.9 Å². The third-order valence-corrected chi connectivity index (χ3v) is 2.22. The SMILES string of the molecule is CCOC(C(C)=O)c1ccc(F)cc1C. The first-order valence-electron chi connectivity index (χ1n) is 4.94. The molecule has 0 N–H and O–H groups in total. The number of carbonyl (C=O) groups is 1. The Kier molecular flexibility index (Phi) is 3.97. The van der Waals surface area contributed by atoms with Crippen LogP contribution in [0.25, 0.3) is 0 Å². The molecule has 0 heterocycles. The van der Waals surface area contributed by atoms with Crippen LogP contribution in [0.15, 0.2) is 18.2 Å². The van der Waals surface area contributed by atoms with Crippen LogP contribution in [0.2, 0.25) is 0 Å². The van der Waals surface area contributed by atoms with Crippen molar-refractivity contribution in [1.29, 1.82) is 0 Å². The van der Waals surface area contributed by atoms with Crippen molar-refractivity contribution >= 4 is 5.78 Å². The molecule has 0 aliphatic heterocycles. The molecule has 15 heavy (non-hydrogen) atoms. The quantitative estimate of drug-likeness (QED) is 0.763. The van der Waals surface area contributed by atoms with Gasteiger partial charge in [-0.25, -0.2) is 4.39 Å². The van der Waals surface area contributed by atoms with Gasteiger partial charge in [-0.1, -0.05) is 6.07 Å². The minimum Gasteiger partial charge on any atom is -0.366 e. The standard InChI is InChI=1S/C12H15FO2/c1-4-15-12(9(3)14)11-6-5-10(13)7-8(11)2/h5-7,12H,4H2,1-3H3. The molecule has 1 atom stereocenters. The van der Waals surface area contributed by atoms with Crippen LogP contribution in [0.4, 0.5) is 4.39 Å². The van der Waals surface area contributed by atoms with Crippen LogP contribution in [-0.2, 0) is 9.53 Å². The average molecular weight is 210 g/mol. The fraction of sp³-hybridized carbons (Fsp3) is 0.417. The Labute approximate surface area is 89.1 Å². The van der Waals surface area contributed by atoms with Crippen LogP contribution in [0.1, 0.15) is 31.1 Å². The van der Waals surface area contributed by atoms with E-state index in [1.807, 2.05) is 6.92 Å². The predicted octanol–water partition coefficient (Wildman–Crippen LogP) is 2.80. The van der Waals surface area contributed by atoms with E-state index in [2.05, 4.69) is 0 Å². The third kappa shape index (κ3) is 2.86. The van der Waals surface area contributed by atoms with Gasteiger partial charge in [-0.3, -0.25) is 4.79 Å². The van der Waals surface area contributed by atoms with Crippen LogP contribution >= 0.6 is 0 Å². The Morgan fingerprint density at radius 2 is 2.20 bits per heavy atom. The molecule has 0 bridgehead atoms. The molecule has 0 saturated carbocycles. The second-order valence-corrected chi connectivity index (χ2v) is 3.45. The summed E-state index contributed by atoms with van der Waals surface area (Å²) < 4.78 is 18.2. The molecule has 3 heteroatoms. The molecule has 0 radical (unpaired) electrons. The van der Waals surface area contributed by atoms with Gasteiger partial charge in [-0.05, 0) is 44.0 Å². The largest absolute Gasteiger partial charge is 0.366 e. The summed E-state index contributed by atoms with van der Waals surface area (Å²) in [6, 6.07) is 4.36. The first kappa shape index (κ1) is 11.9. The fourth-order valence-corrected chi connectivity index (χ4v) is 1.53. The Morgan fingerprint density at radius 1 is 1.53 bits per heavy atom. The number of ketones is 1. The van der Waals surface area contributed by atoms with E-state index in [1.54, 1.807) is 13.0 Å². The monoisotopic (exact) mass is 210 g/mol. The van der Waals surface area contributed by atoms with Gasteiger partial charge in [0.15, 0.2) is 5.78 Å². The van der Waals surface area contributed by atoms with E-state index in [-0.39, 0.29) is 11.6 Å². The molecule has 0 amide bonds. The Morgan fingerprint density at radius 3 is 2.67 bits per heavy atom. The van der Waals surface area contributed by atoms with Gasteiger partial charge in [-0.15, -0.1) is 0 Å². The maximum Gasteiger partial charge on any atom is 0.163 e. The van der Waals surface area contributed by atoms with E-state index < -0.39 is 6.10 Å². The van der Waals surface area contributed by atoms with Gasteiger partial charge in [-0.2, -0.15) is 0 Å². The normalized spacial score (nSPS) is 12.5. The summed E-state index contributed by atoms with van der Waals surface area (Å²) in [5.74, 6) is -0.360. The number of hydrogen-bond donors (Lipinski definition) is 0. The van der Waals surface area contributed by atoms with Crippen LogP contribution < -0.4 is 0 Å². The first-order chi connectivity index (χ1) is 7.06. The molecular weight excluding hydrogens is 195 g/mol. The highest BCUT2D eigenvalue weighted by molar-refractivity contribution is 5.82. The highest BCUT2D eigenvalue weighted by atomic mass is 19.1. The van der Waals surface area contributed by atoms with E-state index >= 15 is 0 Å². The summed E-state index contributed by atoms with van der Waals surface area (Å²) in [5.41, 5.74) is 1.48. The van der Waals surface area contributed by atoms with Gasteiger partial charge in [0.05, 0.1) is 0 Å². The summed E-state index contributed by atoms with van der Waals surface area (Å²) in [6.45, 7) is 5.53. The lowest BCUT2D eigenvalue weighted by atomic mass is 10.0. The number of halogens is 1. The van der Waals surface area contributed by atoms with E-state index in [4.69, 9.17) is 4.74 Å². The summed E-state index contributed by atoms with van der Waals surface area (Å²) >= 11 is 0. The molecular formula is C12H15FO2. The van der Waals surface area contributed by atoms with E-state index in [0.717, 1.165) is 11.1 Å². The van der Waals surface area contributed by atoms with Gasteiger partial charge < -0.3 is 4.74 Å². The van der Waals surface area contributed by atoms with E-state index in [0.29, 0.717) is 6.61 Å². The maximum atomic E-state index is 12.9. The summed E-state index contributed by atoms with van der Waals surface area (Å²) in [4.78, 5) is 11.4. The van der Waals surface area contributed by atoms with Gasteiger partial charge in [0.2, 0.25) is 0 Å². The minimum atomic E-state index is -0.574. The van der Waals surface area contributed by atoms with Crippen molar-refractivity contribution in [2.24, 2.45) is 0 Å². The molecule has 0 aliphatic carbocycles. The molecule has 2 nitrogen and oxygen atoms in total. The number of benzene rings is 1. The van der Waals surface area contributed by atoms with Crippen molar-refractivity contribution in [1.82, 2.24) is 0 Å². The number of carbonyl (C=O) groups excluding carboxylic acids is 1. The van der Waals surface area contributed by atoms with Gasteiger partial charge in [0.1, 0.15) is 11.9 Å². The molecule has 0 saturated heterocycles. The number of rotatable bonds is 4. The summed E-state index contributed by atoms with van der Waals surface area (Å²) in [5, 5.41) is 0. The number of hydrogen-bond acceptors (Lipinski definition) is 2. The van der Waals surface area contributed by atoms with Crippen LogP contribution in [-0.4, -0.2) is 12.4 Å². The molecule has 0 fully saturated rings. The smallest absolute Gasteiger partial charge is 0.163 e. The molecule has 1 aromatic rings. The van der Waals surface area contributed by atoms with Gasteiger partial charge in [0, 0.05) is 6.61 Å². The van der Waals surface area contributed by atoms with Crippen molar-refractivity contribution in [3.8, 4) is 0 Å². The van der Waals surface area contributed by atoms with Crippen LogP contribution in [0.5, 0.6) is 0 Å². The average Bonchev–Trinajstić information content (AvgIpc) is 2.15. The highest BCUT2D eigenvalue weighted by Gasteiger charge is 2.18. The van der Waals surface area contributed by atoms with E-state index in [1.165, 1.54) is 19.1 Å². The zero-order valence-electron chi connectivity index (χ0n) is 9.21. The van der Waals surface area contributed by atoms with Crippen LogP contribution in [0, 0.1) is 12.7 Å². The fourth-order valence-electron chi connectivity index (χ4n) is 1.53. The second-order valence-electron chi connectivity index (χ2n) is 3.45. The zero-order valence-corrected chi connectivity index (χ0v) is 9.21. The Hall–Kier alpha value is -1.22. The molecule has 1 rings (SSSR count). The van der Waals surface area contributed by atoms with Crippen molar-refractivity contribution in [2.45, 2.75) is 26.9 Å². The number of Topliss-reactive ketones (excluding diaryl/α,β-unsaturated/α-hetero) is 1. The summed E-state index contributed by atoms with van der Waals surface area (Å²) in [6.07, 6.45) is -0.574. The topological polar surface area (TPSA) is 26.3 Å². The zero-order chi connectivity index (χ0) is 11.4. The van der Waals surface area contributed by atoms with Gasteiger partial charge in [0.25, 0.3) is 0 Å². The highest BCUT2D eigenvalue weighted by Crippen LogP contribution is 2.22. The maximum absolute atomic E-state index is 12.9. The van der Waals surface area contributed by atoms with Gasteiger partial charge >= 0.3 is 0 Å². The molecule has 0 spiro atoms. The molecule has 0 aromatic heterocycles. The molecule has 1 aromatic carbocycles. The van der Waals surface area contributed by atoms with Crippen molar-refractivity contribution in [3.63, 3.8) is 0 Å². The van der Waals surface area contributed by atoms with E-state index in [9.17, 15) is 9.18 Å². The molecule has 82 valence electrons. The summed E-state index contributed by atoms with van der Waals surface area (Å²) in [7, 11) is 0. The Balaban J connectivity index is 3.05. The van der Waals surface area contributed by atoms with Crippen LogP contribution in [0.3, 0.4) is 0 Å². The first-order valence-corrected chi connectivity index (χ1v) is 4.94. The molecule has 0 aliphatic rings. The number of aryl methyl sites for hydroxylation is 1. The lowest BCUT2D eigenvalue weighted by Gasteiger charge is -2.16. The second kappa shape index (κ2) is 5.03. The minimum absolute atomic E-state index is 0.0634. The molecule has 1 unspecified atom stereocenters. The lowest BCUT2D eigenvalue weighted by molar-refractivity contribution is -0.128.